The van der Waals surface area contributed by atoms with Crippen LogP contribution in [0.15, 0.2) is 30.3 Å². The first kappa shape index (κ1) is 14.4. The SMILES string of the molecule is Nc1cc(Cl)cc(Oc2c(Cl)ccc(CBr)c2F)c1. The van der Waals surface area contributed by atoms with Crippen LogP contribution in [0.1, 0.15) is 5.56 Å². The fourth-order valence-electron chi connectivity index (χ4n) is 1.53. The molecular formula is C13H9BrCl2FNO. The van der Waals surface area contributed by atoms with Crippen LogP contribution >= 0.6 is 39.1 Å². The molecule has 2 aromatic rings. The maximum atomic E-state index is 14.1. The second-order valence-corrected chi connectivity index (χ2v) is 5.21. The van der Waals surface area contributed by atoms with Gasteiger partial charge in [-0.25, -0.2) is 4.39 Å². The van der Waals surface area contributed by atoms with Crippen molar-refractivity contribution in [3.8, 4) is 11.5 Å². The average Bonchev–Trinajstić information content (AvgIpc) is 2.33. The monoisotopic (exact) mass is 363 g/mol. The van der Waals surface area contributed by atoms with Gasteiger partial charge >= 0.3 is 0 Å². The molecule has 0 aromatic heterocycles. The van der Waals surface area contributed by atoms with Crippen molar-refractivity contribution in [2.75, 3.05) is 5.73 Å². The van der Waals surface area contributed by atoms with E-state index in [0.29, 0.717) is 27.4 Å². The molecule has 2 N–H and O–H groups in total. The molecule has 2 nitrogen and oxygen atoms in total. The van der Waals surface area contributed by atoms with E-state index < -0.39 is 5.82 Å². The number of rotatable bonds is 3. The Morgan fingerprint density at radius 2 is 1.95 bits per heavy atom. The van der Waals surface area contributed by atoms with Crippen molar-refractivity contribution in [2.45, 2.75) is 5.33 Å². The third kappa shape index (κ3) is 3.32. The zero-order chi connectivity index (χ0) is 14.0. The summed E-state index contributed by atoms with van der Waals surface area (Å²) in [5.41, 5.74) is 6.53. The standard InChI is InChI=1S/C13H9BrCl2FNO/c14-6-7-1-2-11(16)13(12(7)17)19-10-4-8(15)3-9(18)5-10/h1-5H,6,18H2. The van der Waals surface area contributed by atoms with Gasteiger partial charge in [0, 0.05) is 27.7 Å². The van der Waals surface area contributed by atoms with E-state index in [0.717, 1.165) is 0 Å². The second-order valence-electron chi connectivity index (χ2n) is 3.81. The number of nitrogens with two attached hydrogens (primary N) is 1. The summed E-state index contributed by atoms with van der Waals surface area (Å²) in [5, 5.41) is 0.952. The molecule has 0 bridgehead atoms. The molecule has 0 amide bonds. The predicted octanol–water partition coefficient (Wildman–Crippen LogP) is 5.40. The molecule has 19 heavy (non-hydrogen) atoms. The van der Waals surface area contributed by atoms with E-state index >= 15 is 0 Å². The Morgan fingerprint density at radius 3 is 2.58 bits per heavy atom. The molecule has 100 valence electrons. The average molecular weight is 365 g/mol. The number of nitrogen functional groups attached to an aromatic ring is 1. The molecule has 0 heterocycles. The summed E-state index contributed by atoms with van der Waals surface area (Å²) in [6.45, 7) is 0. The van der Waals surface area contributed by atoms with E-state index in [9.17, 15) is 4.39 Å². The zero-order valence-corrected chi connectivity index (χ0v) is 12.7. The van der Waals surface area contributed by atoms with Gasteiger partial charge in [-0.3, -0.25) is 0 Å². The number of halogens is 4. The largest absolute Gasteiger partial charge is 0.453 e. The molecular weight excluding hydrogens is 356 g/mol. The van der Waals surface area contributed by atoms with E-state index in [1.807, 2.05) is 0 Å². The van der Waals surface area contributed by atoms with Crippen molar-refractivity contribution in [2.24, 2.45) is 0 Å². The molecule has 0 aliphatic rings. The Bertz CT molecular complexity index is 602. The van der Waals surface area contributed by atoms with Gasteiger partial charge in [0.05, 0.1) is 5.02 Å². The minimum atomic E-state index is -0.511. The van der Waals surface area contributed by atoms with Crippen molar-refractivity contribution in [3.63, 3.8) is 0 Å². The molecule has 2 aromatic carbocycles. The quantitative estimate of drug-likeness (QED) is 0.584. The van der Waals surface area contributed by atoms with E-state index in [1.165, 1.54) is 6.07 Å². The molecule has 2 rings (SSSR count). The highest BCUT2D eigenvalue weighted by molar-refractivity contribution is 9.08. The lowest BCUT2D eigenvalue weighted by Gasteiger charge is -2.11. The van der Waals surface area contributed by atoms with Gasteiger partial charge in [0.15, 0.2) is 11.6 Å². The van der Waals surface area contributed by atoms with Gasteiger partial charge in [-0.15, -0.1) is 0 Å². The van der Waals surface area contributed by atoms with Gasteiger partial charge in [-0.1, -0.05) is 45.2 Å². The normalized spacial score (nSPS) is 10.5. The molecule has 0 saturated carbocycles. The first-order valence-electron chi connectivity index (χ1n) is 5.28. The molecule has 0 unspecified atom stereocenters. The minimum absolute atomic E-state index is 0.0414. The van der Waals surface area contributed by atoms with Crippen LogP contribution in [-0.4, -0.2) is 0 Å². The summed E-state index contributed by atoms with van der Waals surface area (Å²) in [6, 6.07) is 7.81. The molecule has 0 saturated heterocycles. The smallest absolute Gasteiger partial charge is 0.181 e. The molecule has 0 radical (unpaired) electrons. The number of alkyl halides is 1. The third-order valence-corrected chi connectivity index (χ3v) is 3.51. The highest BCUT2D eigenvalue weighted by atomic mass is 79.9. The van der Waals surface area contributed by atoms with Crippen LogP contribution in [0.3, 0.4) is 0 Å². The Morgan fingerprint density at radius 1 is 1.21 bits per heavy atom. The minimum Gasteiger partial charge on any atom is -0.453 e. The molecule has 6 heteroatoms. The lowest BCUT2D eigenvalue weighted by Crippen LogP contribution is -1.95. The van der Waals surface area contributed by atoms with Crippen molar-refractivity contribution in [3.05, 3.63) is 51.8 Å². The van der Waals surface area contributed by atoms with Crippen molar-refractivity contribution in [1.29, 1.82) is 0 Å². The van der Waals surface area contributed by atoms with Crippen LogP contribution in [0.25, 0.3) is 0 Å². The summed E-state index contributed by atoms with van der Waals surface area (Å²) >= 11 is 15.0. The molecule has 0 aliphatic carbocycles. The van der Waals surface area contributed by atoms with Crippen LogP contribution in [0, 0.1) is 5.82 Å². The van der Waals surface area contributed by atoms with Gasteiger partial charge in [-0.05, 0) is 18.2 Å². The Labute approximate surface area is 128 Å². The van der Waals surface area contributed by atoms with Gasteiger partial charge in [0.1, 0.15) is 5.75 Å². The van der Waals surface area contributed by atoms with E-state index in [-0.39, 0.29) is 10.8 Å². The van der Waals surface area contributed by atoms with E-state index in [2.05, 4.69) is 15.9 Å². The topological polar surface area (TPSA) is 35.2 Å². The number of benzene rings is 2. The van der Waals surface area contributed by atoms with Gasteiger partial charge in [-0.2, -0.15) is 0 Å². The lowest BCUT2D eigenvalue weighted by molar-refractivity contribution is 0.440. The van der Waals surface area contributed by atoms with Crippen LogP contribution in [0.5, 0.6) is 11.5 Å². The highest BCUT2D eigenvalue weighted by Gasteiger charge is 2.14. The lowest BCUT2D eigenvalue weighted by atomic mass is 10.2. The summed E-state index contributed by atoms with van der Waals surface area (Å²) in [4.78, 5) is 0. The Balaban J connectivity index is 2.42. The van der Waals surface area contributed by atoms with Crippen molar-refractivity contribution < 1.29 is 9.13 Å². The maximum absolute atomic E-state index is 14.1. The maximum Gasteiger partial charge on any atom is 0.181 e. The van der Waals surface area contributed by atoms with Gasteiger partial charge in [0.2, 0.25) is 0 Å². The predicted molar refractivity (Wildman–Crippen MR) is 80.0 cm³/mol. The van der Waals surface area contributed by atoms with Crippen LogP contribution in [0.4, 0.5) is 10.1 Å². The Hall–Kier alpha value is -0.970. The first-order chi connectivity index (χ1) is 9.01. The first-order valence-corrected chi connectivity index (χ1v) is 7.15. The van der Waals surface area contributed by atoms with E-state index in [1.54, 1.807) is 24.3 Å². The van der Waals surface area contributed by atoms with Crippen molar-refractivity contribution >= 4 is 44.8 Å². The van der Waals surface area contributed by atoms with Crippen LogP contribution < -0.4 is 10.5 Å². The fraction of sp³-hybridized carbons (Fsp3) is 0.0769. The Kier molecular flexibility index (Phi) is 4.55. The molecule has 0 atom stereocenters. The summed E-state index contributed by atoms with van der Waals surface area (Å²) < 4.78 is 19.6. The van der Waals surface area contributed by atoms with Crippen molar-refractivity contribution in [1.82, 2.24) is 0 Å². The molecule has 0 fully saturated rings. The molecule has 0 spiro atoms. The third-order valence-electron chi connectivity index (χ3n) is 2.39. The summed E-state index contributed by atoms with van der Waals surface area (Å²) in [6.07, 6.45) is 0. The summed E-state index contributed by atoms with van der Waals surface area (Å²) in [7, 11) is 0. The summed E-state index contributed by atoms with van der Waals surface area (Å²) in [5.74, 6) is -0.222. The number of hydrogen-bond acceptors (Lipinski definition) is 2. The van der Waals surface area contributed by atoms with E-state index in [4.69, 9.17) is 33.7 Å². The number of anilines is 1. The van der Waals surface area contributed by atoms with Crippen LogP contribution in [-0.2, 0) is 5.33 Å². The van der Waals surface area contributed by atoms with Gasteiger partial charge in [0.25, 0.3) is 0 Å². The number of ether oxygens (including phenoxy) is 1. The second kappa shape index (κ2) is 5.99. The fourth-order valence-corrected chi connectivity index (χ4v) is 2.38. The zero-order valence-electron chi connectivity index (χ0n) is 9.59. The molecule has 0 aliphatic heterocycles. The van der Waals surface area contributed by atoms with Gasteiger partial charge < -0.3 is 10.5 Å². The van der Waals surface area contributed by atoms with Crippen LogP contribution in [0.2, 0.25) is 10.0 Å². The highest BCUT2D eigenvalue weighted by Crippen LogP contribution is 2.36. The number of hydrogen-bond donors (Lipinski definition) is 1.